The maximum Gasteiger partial charge on any atom is 0.153 e. The Morgan fingerprint density at radius 2 is 2.21 bits per heavy atom. The molecule has 1 aromatic heterocycles. The van der Waals surface area contributed by atoms with E-state index in [0.29, 0.717) is 12.1 Å². The van der Waals surface area contributed by atoms with Gasteiger partial charge in [-0.05, 0) is 19.8 Å². The van der Waals surface area contributed by atoms with Crippen molar-refractivity contribution in [3.05, 3.63) is 17.0 Å². The van der Waals surface area contributed by atoms with Crippen LogP contribution in [0, 0.1) is 19.8 Å². The number of aryl methyl sites for hydroxylation is 1. The second-order valence-electron chi connectivity index (χ2n) is 3.67. The van der Waals surface area contributed by atoms with E-state index in [1.807, 2.05) is 20.8 Å². The van der Waals surface area contributed by atoms with Gasteiger partial charge >= 0.3 is 0 Å². The number of aliphatic hydroxyl groups excluding tert-OH is 1. The second kappa shape index (κ2) is 4.37. The molecule has 1 rings (SSSR count). The zero-order valence-corrected chi connectivity index (χ0v) is 8.82. The summed E-state index contributed by atoms with van der Waals surface area (Å²) in [6, 6.07) is 0. The molecule has 0 aliphatic heterocycles. The Hall–Kier alpha value is -1.16. The topological polar surface area (TPSA) is 55.1 Å². The SMILES string of the molecule is Cc1nn(CC(C)CO)c(C)c1C=O. The summed E-state index contributed by atoms with van der Waals surface area (Å²) in [5.41, 5.74) is 2.29. The lowest BCUT2D eigenvalue weighted by atomic mass is 10.2. The molecule has 0 saturated carbocycles. The molecule has 78 valence electrons. The van der Waals surface area contributed by atoms with Crippen LogP contribution in [0.5, 0.6) is 0 Å². The average Bonchev–Trinajstić information content (AvgIpc) is 2.42. The van der Waals surface area contributed by atoms with Crippen molar-refractivity contribution in [3.8, 4) is 0 Å². The van der Waals surface area contributed by atoms with Gasteiger partial charge in [0.15, 0.2) is 6.29 Å². The first-order chi connectivity index (χ1) is 6.60. The fourth-order valence-electron chi connectivity index (χ4n) is 1.41. The number of aldehydes is 1. The van der Waals surface area contributed by atoms with E-state index in [4.69, 9.17) is 5.11 Å². The summed E-state index contributed by atoms with van der Waals surface area (Å²) in [7, 11) is 0. The normalized spacial score (nSPS) is 12.9. The van der Waals surface area contributed by atoms with Gasteiger partial charge in [-0.3, -0.25) is 9.48 Å². The third-order valence-electron chi connectivity index (χ3n) is 2.35. The molecule has 0 aromatic carbocycles. The lowest BCUT2D eigenvalue weighted by molar-refractivity contribution is 0.112. The molecule has 0 aliphatic rings. The first-order valence-electron chi connectivity index (χ1n) is 4.70. The molecule has 4 nitrogen and oxygen atoms in total. The fraction of sp³-hybridized carbons (Fsp3) is 0.600. The summed E-state index contributed by atoms with van der Waals surface area (Å²) in [6.07, 6.45) is 0.831. The number of hydrogen-bond donors (Lipinski definition) is 1. The Balaban J connectivity index is 2.93. The molecule has 1 atom stereocenters. The second-order valence-corrected chi connectivity index (χ2v) is 3.67. The van der Waals surface area contributed by atoms with Gasteiger partial charge in [-0.25, -0.2) is 0 Å². The molecular weight excluding hydrogens is 180 g/mol. The van der Waals surface area contributed by atoms with Crippen LogP contribution in [0.3, 0.4) is 0 Å². The number of carbonyl (C=O) groups excluding carboxylic acids is 1. The first kappa shape index (κ1) is 10.9. The lowest BCUT2D eigenvalue weighted by Crippen LogP contribution is -2.13. The maximum atomic E-state index is 10.7. The van der Waals surface area contributed by atoms with Crippen LogP contribution in [-0.2, 0) is 6.54 Å². The van der Waals surface area contributed by atoms with E-state index in [1.54, 1.807) is 4.68 Å². The van der Waals surface area contributed by atoms with E-state index in [2.05, 4.69) is 5.10 Å². The van der Waals surface area contributed by atoms with Crippen molar-refractivity contribution in [1.29, 1.82) is 0 Å². The van der Waals surface area contributed by atoms with Gasteiger partial charge in [-0.2, -0.15) is 5.10 Å². The first-order valence-corrected chi connectivity index (χ1v) is 4.70. The quantitative estimate of drug-likeness (QED) is 0.729. The number of nitrogens with zero attached hydrogens (tertiary/aromatic N) is 2. The molecule has 0 amide bonds. The Bertz CT molecular complexity index is 331. The van der Waals surface area contributed by atoms with Crippen molar-refractivity contribution < 1.29 is 9.90 Å². The van der Waals surface area contributed by atoms with E-state index in [0.717, 1.165) is 17.7 Å². The molecule has 0 radical (unpaired) electrons. The van der Waals surface area contributed by atoms with Gasteiger partial charge in [0.25, 0.3) is 0 Å². The highest BCUT2D eigenvalue weighted by Crippen LogP contribution is 2.11. The van der Waals surface area contributed by atoms with Crippen LogP contribution in [0.25, 0.3) is 0 Å². The summed E-state index contributed by atoms with van der Waals surface area (Å²) in [6.45, 7) is 6.41. The molecular formula is C10H16N2O2. The zero-order chi connectivity index (χ0) is 10.7. The van der Waals surface area contributed by atoms with Crippen molar-refractivity contribution >= 4 is 6.29 Å². The van der Waals surface area contributed by atoms with E-state index in [-0.39, 0.29) is 12.5 Å². The molecule has 14 heavy (non-hydrogen) atoms. The molecule has 0 aliphatic carbocycles. The van der Waals surface area contributed by atoms with Crippen molar-refractivity contribution in [3.63, 3.8) is 0 Å². The van der Waals surface area contributed by atoms with Crippen molar-refractivity contribution in [2.75, 3.05) is 6.61 Å². The van der Waals surface area contributed by atoms with E-state index in [1.165, 1.54) is 0 Å². The third kappa shape index (κ3) is 2.01. The zero-order valence-electron chi connectivity index (χ0n) is 8.82. The summed E-state index contributed by atoms with van der Waals surface area (Å²) >= 11 is 0. The van der Waals surface area contributed by atoms with Gasteiger partial charge in [0, 0.05) is 18.8 Å². The molecule has 4 heteroatoms. The van der Waals surface area contributed by atoms with Crippen LogP contribution in [0.1, 0.15) is 28.7 Å². The maximum absolute atomic E-state index is 10.7. The van der Waals surface area contributed by atoms with Crippen LogP contribution >= 0.6 is 0 Å². The van der Waals surface area contributed by atoms with Crippen LogP contribution in [-0.4, -0.2) is 27.8 Å². The number of hydrogen-bond acceptors (Lipinski definition) is 3. The largest absolute Gasteiger partial charge is 0.396 e. The predicted molar refractivity (Wildman–Crippen MR) is 53.3 cm³/mol. The molecule has 0 saturated heterocycles. The number of carbonyl (C=O) groups is 1. The number of rotatable bonds is 4. The lowest BCUT2D eigenvalue weighted by Gasteiger charge is -2.09. The Morgan fingerprint density at radius 3 is 2.64 bits per heavy atom. The van der Waals surface area contributed by atoms with Crippen LogP contribution in [0.15, 0.2) is 0 Å². The summed E-state index contributed by atoms with van der Waals surface area (Å²) in [4.78, 5) is 10.7. The van der Waals surface area contributed by atoms with Gasteiger partial charge < -0.3 is 5.11 Å². The van der Waals surface area contributed by atoms with E-state index in [9.17, 15) is 4.79 Å². The minimum Gasteiger partial charge on any atom is -0.396 e. The molecule has 0 fully saturated rings. The molecule has 0 bridgehead atoms. The minimum atomic E-state index is 0.134. The van der Waals surface area contributed by atoms with Crippen molar-refractivity contribution in [2.45, 2.75) is 27.3 Å². The average molecular weight is 196 g/mol. The Kier molecular flexibility index (Phi) is 3.41. The highest BCUT2D eigenvalue weighted by molar-refractivity contribution is 5.77. The van der Waals surface area contributed by atoms with Crippen molar-refractivity contribution in [1.82, 2.24) is 9.78 Å². The standard InChI is InChI=1S/C10H16N2O2/c1-7(5-13)4-12-9(3)10(6-14)8(2)11-12/h6-7,13H,4-5H2,1-3H3. The van der Waals surface area contributed by atoms with Crippen LogP contribution in [0.4, 0.5) is 0 Å². The van der Waals surface area contributed by atoms with Crippen molar-refractivity contribution in [2.24, 2.45) is 5.92 Å². The highest BCUT2D eigenvalue weighted by atomic mass is 16.3. The van der Waals surface area contributed by atoms with Gasteiger partial charge in [0.05, 0.1) is 11.3 Å². The highest BCUT2D eigenvalue weighted by Gasteiger charge is 2.11. The van der Waals surface area contributed by atoms with Crippen LogP contribution in [0.2, 0.25) is 0 Å². The van der Waals surface area contributed by atoms with Gasteiger partial charge in [0.2, 0.25) is 0 Å². The fourth-order valence-corrected chi connectivity index (χ4v) is 1.41. The monoisotopic (exact) mass is 196 g/mol. The van der Waals surface area contributed by atoms with Crippen LogP contribution < -0.4 is 0 Å². The smallest absolute Gasteiger partial charge is 0.153 e. The van der Waals surface area contributed by atoms with E-state index < -0.39 is 0 Å². The minimum absolute atomic E-state index is 0.134. The Morgan fingerprint density at radius 1 is 1.57 bits per heavy atom. The molecule has 1 aromatic rings. The number of aliphatic hydroxyl groups is 1. The predicted octanol–water partition coefficient (Wildman–Crippen LogP) is 0.941. The van der Waals surface area contributed by atoms with Gasteiger partial charge in [-0.1, -0.05) is 6.92 Å². The number of aromatic nitrogens is 2. The molecule has 1 heterocycles. The third-order valence-corrected chi connectivity index (χ3v) is 2.35. The molecule has 0 spiro atoms. The van der Waals surface area contributed by atoms with E-state index >= 15 is 0 Å². The van der Waals surface area contributed by atoms with Gasteiger partial charge in [-0.15, -0.1) is 0 Å². The summed E-state index contributed by atoms with van der Waals surface area (Å²) < 4.78 is 1.78. The molecule has 1 unspecified atom stereocenters. The van der Waals surface area contributed by atoms with Gasteiger partial charge in [0.1, 0.15) is 0 Å². The summed E-state index contributed by atoms with van der Waals surface area (Å²) in [5.74, 6) is 0.160. The summed E-state index contributed by atoms with van der Waals surface area (Å²) in [5, 5.41) is 13.2. The Labute approximate surface area is 83.5 Å². The molecule has 1 N–H and O–H groups in total.